The lowest BCUT2D eigenvalue weighted by Gasteiger charge is -2.14. The Morgan fingerprint density at radius 2 is 1.97 bits per heavy atom. The molecule has 0 aliphatic heterocycles. The standard InChI is InChI=1S/C20H19ClF3N7O2/c1-32-14(33-2)8-25-17-15-18(30-19(21)29-17)28-16(27-15)12-7-26-31(10-12)9-11-4-3-5-13(6-11)20(22,23)24/h3-7,10,14H,8-9H2,1-2H3,(H2,25,27,28,29,30). The van der Waals surface area contributed by atoms with Crippen molar-refractivity contribution in [1.82, 2.24) is 29.7 Å². The first kappa shape index (κ1) is 23.0. The van der Waals surface area contributed by atoms with Gasteiger partial charge >= 0.3 is 6.18 Å². The van der Waals surface area contributed by atoms with Crippen molar-refractivity contribution < 1.29 is 22.6 Å². The van der Waals surface area contributed by atoms with Crippen molar-refractivity contribution in [2.24, 2.45) is 0 Å². The van der Waals surface area contributed by atoms with Crippen molar-refractivity contribution in [2.45, 2.75) is 19.0 Å². The highest BCUT2D eigenvalue weighted by atomic mass is 35.5. The summed E-state index contributed by atoms with van der Waals surface area (Å²) in [5.41, 5.74) is 1.24. The number of alkyl halides is 3. The van der Waals surface area contributed by atoms with Crippen LogP contribution in [0, 0.1) is 0 Å². The molecule has 2 N–H and O–H groups in total. The van der Waals surface area contributed by atoms with E-state index in [1.165, 1.54) is 25.0 Å². The van der Waals surface area contributed by atoms with Crippen LogP contribution < -0.4 is 5.32 Å². The van der Waals surface area contributed by atoms with Crippen LogP contribution in [0.5, 0.6) is 0 Å². The van der Waals surface area contributed by atoms with Crippen LogP contribution in [-0.4, -0.2) is 56.8 Å². The molecule has 4 aromatic rings. The van der Waals surface area contributed by atoms with Gasteiger partial charge in [0.25, 0.3) is 0 Å². The monoisotopic (exact) mass is 481 g/mol. The molecule has 0 saturated heterocycles. The Balaban J connectivity index is 1.57. The number of halogens is 4. The number of hydrogen-bond acceptors (Lipinski definition) is 7. The Kier molecular flexibility index (Phi) is 6.49. The number of anilines is 1. The fourth-order valence-electron chi connectivity index (χ4n) is 3.18. The van der Waals surface area contributed by atoms with Gasteiger partial charge in [-0.05, 0) is 29.3 Å². The van der Waals surface area contributed by atoms with E-state index in [1.807, 2.05) is 0 Å². The van der Waals surface area contributed by atoms with Gasteiger partial charge in [0.15, 0.2) is 17.8 Å². The van der Waals surface area contributed by atoms with E-state index in [0.29, 0.717) is 40.5 Å². The minimum Gasteiger partial charge on any atom is -0.363 e. The number of aromatic nitrogens is 6. The third-order valence-electron chi connectivity index (χ3n) is 4.79. The maximum Gasteiger partial charge on any atom is 0.416 e. The molecule has 0 spiro atoms. The summed E-state index contributed by atoms with van der Waals surface area (Å²) < 4.78 is 50.7. The number of rotatable bonds is 8. The first-order chi connectivity index (χ1) is 15.8. The zero-order chi connectivity index (χ0) is 23.6. The molecule has 0 unspecified atom stereocenters. The van der Waals surface area contributed by atoms with Crippen LogP contribution in [0.1, 0.15) is 11.1 Å². The minimum absolute atomic E-state index is 0.00896. The van der Waals surface area contributed by atoms with Gasteiger partial charge in [0.05, 0.1) is 30.4 Å². The number of aromatic amines is 1. The summed E-state index contributed by atoms with van der Waals surface area (Å²) in [6.07, 6.45) is -1.67. The van der Waals surface area contributed by atoms with Crippen LogP contribution in [-0.2, 0) is 22.2 Å². The van der Waals surface area contributed by atoms with Gasteiger partial charge in [-0.15, -0.1) is 0 Å². The molecule has 0 aliphatic carbocycles. The molecule has 3 aromatic heterocycles. The van der Waals surface area contributed by atoms with Gasteiger partial charge in [0.1, 0.15) is 11.3 Å². The number of imidazole rings is 1. The molecule has 13 heteroatoms. The lowest BCUT2D eigenvalue weighted by Crippen LogP contribution is -2.24. The summed E-state index contributed by atoms with van der Waals surface area (Å²) in [6, 6.07) is 5.12. The Hall–Kier alpha value is -3.22. The number of fused-ring (bicyclic) bond motifs is 1. The van der Waals surface area contributed by atoms with E-state index < -0.39 is 18.0 Å². The molecule has 1 aromatic carbocycles. The molecule has 0 saturated carbocycles. The number of nitrogens with one attached hydrogen (secondary N) is 2. The van der Waals surface area contributed by atoms with E-state index in [1.54, 1.807) is 18.5 Å². The number of benzene rings is 1. The number of hydrogen-bond donors (Lipinski definition) is 2. The van der Waals surface area contributed by atoms with Crippen LogP contribution in [0.25, 0.3) is 22.6 Å². The van der Waals surface area contributed by atoms with Gasteiger partial charge in [-0.25, -0.2) is 4.98 Å². The second-order valence-corrected chi connectivity index (χ2v) is 7.37. The predicted octanol–water partition coefficient (Wildman–Crippen LogP) is 3.97. The maximum atomic E-state index is 13.0. The molecular formula is C20H19ClF3N7O2. The second kappa shape index (κ2) is 9.33. The average molecular weight is 482 g/mol. The van der Waals surface area contributed by atoms with Gasteiger partial charge in [-0.1, -0.05) is 12.1 Å². The SMILES string of the molecule is COC(CNc1nc(Cl)nc2nc(-c3cnn(Cc4cccc(C(F)(F)F)c4)c3)[nH]c12)OC. The van der Waals surface area contributed by atoms with Crippen molar-refractivity contribution in [2.75, 3.05) is 26.1 Å². The molecule has 3 heterocycles. The number of nitrogens with zero attached hydrogens (tertiary/aromatic N) is 5. The highest BCUT2D eigenvalue weighted by molar-refractivity contribution is 6.28. The van der Waals surface area contributed by atoms with Crippen molar-refractivity contribution in [3.8, 4) is 11.4 Å². The minimum atomic E-state index is -4.40. The molecule has 0 fully saturated rings. The molecule has 0 atom stereocenters. The van der Waals surface area contributed by atoms with E-state index in [4.69, 9.17) is 21.1 Å². The zero-order valence-corrected chi connectivity index (χ0v) is 18.3. The second-order valence-electron chi connectivity index (χ2n) is 7.03. The van der Waals surface area contributed by atoms with E-state index in [0.717, 1.165) is 12.1 Å². The largest absolute Gasteiger partial charge is 0.416 e. The lowest BCUT2D eigenvalue weighted by atomic mass is 10.1. The van der Waals surface area contributed by atoms with Crippen LogP contribution in [0.3, 0.4) is 0 Å². The van der Waals surface area contributed by atoms with E-state index in [2.05, 4.69) is 30.4 Å². The molecule has 0 aliphatic rings. The summed E-state index contributed by atoms with van der Waals surface area (Å²) in [4.78, 5) is 15.9. The summed E-state index contributed by atoms with van der Waals surface area (Å²) in [5.74, 6) is 0.870. The van der Waals surface area contributed by atoms with Gasteiger partial charge in [0.2, 0.25) is 5.28 Å². The molecule has 0 bridgehead atoms. The molecule has 0 radical (unpaired) electrons. The van der Waals surface area contributed by atoms with E-state index >= 15 is 0 Å². The molecule has 4 rings (SSSR count). The summed E-state index contributed by atoms with van der Waals surface area (Å²) in [5, 5.41) is 7.33. The smallest absolute Gasteiger partial charge is 0.363 e. The molecule has 33 heavy (non-hydrogen) atoms. The van der Waals surface area contributed by atoms with Gasteiger partial charge in [0, 0.05) is 20.4 Å². The van der Waals surface area contributed by atoms with Crippen molar-refractivity contribution in [1.29, 1.82) is 0 Å². The Labute approximate surface area is 190 Å². The topological polar surface area (TPSA) is 103 Å². The van der Waals surface area contributed by atoms with Crippen LogP contribution in [0.2, 0.25) is 5.28 Å². The average Bonchev–Trinajstić information content (AvgIpc) is 3.41. The van der Waals surface area contributed by atoms with Gasteiger partial charge < -0.3 is 19.8 Å². The van der Waals surface area contributed by atoms with Crippen molar-refractivity contribution in [3.05, 3.63) is 53.1 Å². The third-order valence-corrected chi connectivity index (χ3v) is 4.96. The predicted molar refractivity (Wildman–Crippen MR) is 115 cm³/mol. The van der Waals surface area contributed by atoms with Crippen LogP contribution in [0.15, 0.2) is 36.7 Å². The number of methoxy groups -OCH3 is 2. The van der Waals surface area contributed by atoms with Gasteiger partial charge in [-0.2, -0.15) is 28.2 Å². The van der Waals surface area contributed by atoms with Crippen LogP contribution in [0.4, 0.5) is 19.0 Å². The van der Waals surface area contributed by atoms with Crippen molar-refractivity contribution >= 4 is 28.6 Å². The fraction of sp³-hybridized carbons (Fsp3) is 0.300. The third kappa shape index (κ3) is 5.24. The lowest BCUT2D eigenvalue weighted by molar-refractivity contribution is -0.137. The number of ether oxygens (including phenoxy) is 2. The molecular weight excluding hydrogens is 463 g/mol. The molecule has 174 valence electrons. The number of H-pyrrole nitrogens is 1. The highest BCUT2D eigenvalue weighted by Crippen LogP contribution is 2.30. The van der Waals surface area contributed by atoms with E-state index in [-0.39, 0.29) is 11.8 Å². The quantitative estimate of drug-likeness (QED) is 0.290. The first-order valence-corrected chi connectivity index (χ1v) is 10.1. The summed E-state index contributed by atoms with van der Waals surface area (Å²) in [6.45, 7) is 0.469. The van der Waals surface area contributed by atoms with Crippen molar-refractivity contribution in [3.63, 3.8) is 0 Å². The Morgan fingerprint density at radius 3 is 2.70 bits per heavy atom. The van der Waals surface area contributed by atoms with Gasteiger partial charge in [-0.3, -0.25) is 4.68 Å². The van der Waals surface area contributed by atoms with Crippen LogP contribution >= 0.6 is 11.6 Å². The van der Waals surface area contributed by atoms with E-state index in [9.17, 15) is 13.2 Å². The fourth-order valence-corrected chi connectivity index (χ4v) is 3.35. The molecule has 0 amide bonds. The summed E-state index contributed by atoms with van der Waals surface area (Å²) >= 11 is 6.03. The maximum absolute atomic E-state index is 13.0. The summed E-state index contributed by atoms with van der Waals surface area (Å²) in [7, 11) is 3.04. The zero-order valence-electron chi connectivity index (χ0n) is 17.5. The Bertz CT molecular complexity index is 1250. The first-order valence-electron chi connectivity index (χ1n) is 9.68. The molecule has 9 nitrogen and oxygen atoms in total. The highest BCUT2D eigenvalue weighted by Gasteiger charge is 2.30. The Morgan fingerprint density at radius 1 is 1.18 bits per heavy atom. The normalized spacial score (nSPS) is 12.1.